The summed E-state index contributed by atoms with van der Waals surface area (Å²) in [6, 6.07) is 6.50. The summed E-state index contributed by atoms with van der Waals surface area (Å²) in [5.74, 6) is 0.411. The molecule has 0 amide bonds. The highest BCUT2D eigenvalue weighted by atomic mass is 31.3. The van der Waals surface area contributed by atoms with Gasteiger partial charge in [0.05, 0.1) is 13.7 Å². The molecule has 1 unspecified atom stereocenters. The number of hydrogen-bond donors (Lipinski definition) is 3. The lowest BCUT2D eigenvalue weighted by Gasteiger charge is -2.13. The van der Waals surface area contributed by atoms with Crippen LogP contribution in [-0.2, 0) is 24.6 Å². The second kappa shape index (κ2) is 5.95. The third-order valence-corrected chi connectivity index (χ3v) is 3.92. The average Bonchev–Trinajstić information content (AvgIpc) is 2.23. The molecule has 0 spiro atoms. The van der Waals surface area contributed by atoms with Crippen LogP contribution < -0.4 is 4.74 Å². The molecule has 0 heterocycles. The van der Waals surface area contributed by atoms with Crippen LogP contribution in [0.4, 0.5) is 0 Å². The van der Waals surface area contributed by atoms with Crippen molar-refractivity contribution in [2.75, 3.05) is 7.11 Å². The minimum atomic E-state index is -5.10. The molecule has 8 nitrogen and oxygen atoms in total. The molecule has 0 aliphatic rings. The largest absolute Gasteiger partial charge is 0.496 e. The lowest BCUT2D eigenvalue weighted by molar-refractivity contribution is 0.171. The lowest BCUT2D eigenvalue weighted by Crippen LogP contribution is -1.97. The van der Waals surface area contributed by atoms with Gasteiger partial charge in [0, 0.05) is 5.56 Å². The van der Waals surface area contributed by atoms with E-state index in [1.807, 2.05) is 0 Å². The maximum absolute atomic E-state index is 11.2. The molecule has 0 fully saturated rings. The van der Waals surface area contributed by atoms with Crippen molar-refractivity contribution < 1.29 is 37.4 Å². The van der Waals surface area contributed by atoms with E-state index >= 15 is 0 Å². The van der Waals surface area contributed by atoms with Gasteiger partial charge in [0.2, 0.25) is 0 Å². The molecule has 1 aromatic carbocycles. The summed E-state index contributed by atoms with van der Waals surface area (Å²) in [6.45, 7) is -0.391. The van der Waals surface area contributed by atoms with Crippen molar-refractivity contribution in [1.29, 1.82) is 0 Å². The van der Waals surface area contributed by atoms with Gasteiger partial charge in [0.1, 0.15) is 5.75 Å². The molecule has 102 valence electrons. The van der Waals surface area contributed by atoms with E-state index in [2.05, 4.69) is 8.83 Å². The monoisotopic (exact) mass is 298 g/mol. The van der Waals surface area contributed by atoms with E-state index in [9.17, 15) is 9.13 Å². The van der Waals surface area contributed by atoms with Gasteiger partial charge in [-0.2, -0.15) is 4.31 Å². The zero-order valence-corrected chi connectivity index (χ0v) is 11.1. The number of rotatable bonds is 6. The Morgan fingerprint density at radius 3 is 2.33 bits per heavy atom. The second-order valence-electron chi connectivity index (χ2n) is 3.13. The summed E-state index contributed by atoms with van der Waals surface area (Å²) >= 11 is 0. The van der Waals surface area contributed by atoms with E-state index in [4.69, 9.17) is 19.4 Å². The van der Waals surface area contributed by atoms with E-state index in [1.165, 1.54) is 7.11 Å². The van der Waals surface area contributed by atoms with Crippen LogP contribution in [0.15, 0.2) is 24.3 Å². The van der Waals surface area contributed by atoms with Crippen LogP contribution in [0.5, 0.6) is 5.75 Å². The Kier molecular flexibility index (Phi) is 5.07. The fourth-order valence-electron chi connectivity index (χ4n) is 1.13. The summed E-state index contributed by atoms with van der Waals surface area (Å²) in [4.78, 5) is 25.9. The van der Waals surface area contributed by atoms with E-state index in [0.717, 1.165) is 0 Å². The molecule has 0 aliphatic carbocycles. The zero-order valence-electron chi connectivity index (χ0n) is 9.29. The fourth-order valence-corrected chi connectivity index (χ4v) is 2.70. The Morgan fingerprint density at radius 2 is 1.78 bits per heavy atom. The smallest absolute Gasteiger partial charge is 0.481 e. The molecular formula is C8H12O8P2. The van der Waals surface area contributed by atoms with Crippen molar-refractivity contribution in [3.8, 4) is 5.75 Å². The summed E-state index contributed by atoms with van der Waals surface area (Å²) in [5.41, 5.74) is 0.434. The van der Waals surface area contributed by atoms with Crippen LogP contribution in [0, 0.1) is 0 Å². The summed E-state index contributed by atoms with van der Waals surface area (Å²) < 4.78 is 34.6. The molecule has 0 saturated carbocycles. The predicted octanol–water partition coefficient (Wildman–Crippen LogP) is 1.42. The number of phosphoric acid groups is 2. The molecule has 3 N–H and O–H groups in total. The van der Waals surface area contributed by atoms with Crippen molar-refractivity contribution in [2.45, 2.75) is 6.61 Å². The number of benzene rings is 1. The normalized spacial score (nSPS) is 15.1. The minimum absolute atomic E-state index is 0.391. The molecule has 10 heteroatoms. The first kappa shape index (κ1) is 15.3. The highest BCUT2D eigenvalue weighted by molar-refractivity contribution is 7.60. The van der Waals surface area contributed by atoms with Crippen molar-refractivity contribution in [1.82, 2.24) is 0 Å². The van der Waals surface area contributed by atoms with Crippen LogP contribution in [0.2, 0.25) is 0 Å². The molecule has 18 heavy (non-hydrogen) atoms. The number of methoxy groups -OCH3 is 1. The maximum atomic E-state index is 11.2. The summed E-state index contributed by atoms with van der Waals surface area (Å²) in [5, 5.41) is 0. The zero-order chi connectivity index (χ0) is 13.8. The first-order valence-corrected chi connectivity index (χ1v) is 7.62. The molecule has 0 saturated heterocycles. The van der Waals surface area contributed by atoms with Crippen LogP contribution >= 0.6 is 15.6 Å². The van der Waals surface area contributed by atoms with Gasteiger partial charge in [-0.1, -0.05) is 18.2 Å². The van der Waals surface area contributed by atoms with Gasteiger partial charge in [-0.25, -0.2) is 9.13 Å². The van der Waals surface area contributed by atoms with Crippen molar-refractivity contribution in [2.24, 2.45) is 0 Å². The molecule has 0 aromatic heterocycles. The predicted molar refractivity (Wildman–Crippen MR) is 60.7 cm³/mol. The minimum Gasteiger partial charge on any atom is -0.496 e. The first-order valence-electron chi connectivity index (χ1n) is 4.59. The Labute approximate surface area is 103 Å². The van der Waals surface area contributed by atoms with Gasteiger partial charge in [0.15, 0.2) is 0 Å². The van der Waals surface area contributed by atoms with Gasteiger partial charge < -0.3 is 19.4 Å². The van der Waals surface area contributed by atoms with Crippen LogP contribution in [0.1, 0.15) is 5.56 Å². The third-order valence-electron chi connectivity index (χ3n) is 1.79. The third kappa shape index (κ3) is 5.29. The first-order chi connectivity index (χ1) is 8.23. The average molecular weight is 298 g/mol. The van der Waals surface area contributed by atoms with Gasteiger partial charge in [-0.3, -0.25) is 4.52 Å². The highest BCUT2D eigenvalue weighted by Gasteiger charge is 2.32. The van der Waals surface area contributed by atoms with Crippen molar-refractivity contribution in [3.05, 3.63) is 29.8 Å². The van der Waals surface area contributed by atoms with E-state index < -0.39 is 22.3 Å². The number of para-hydroxylation sites is 1. The number of ether oxygens (including phenoxy) is 1. The van der Waals surface area contributed by atoms with Gasteiger partial charge in [-0.15, -0.1) is 0 Å². The fraction of sp³-hybridized carbons (Fsp3) is 0.250. The Morgan fingerprint density at radius 1 is 1.17 bits per heavy atom. The van der Waals surface area contributed by atoms with E-state index in [0.29, 0.717) is 11.3 Å². The lowest BCUT2D eigenvalue weighted by atomic mass is 10.2. The van der Waals surface area contributed by atoms with E-state index in [1.54, 1.807) is 24.3 Å². The van der Waals surface area contributed by atoms with Gasteiger partial charge in [0.25, 0.3) is 0 Å². The molecule has 0 radical (unpaired) electrons. The molecule has 1 atom stereocenters. The molecular weight excluding hydrogens is 286 g/mol. The highest BCUT2D eigenvalue weighted by Crippen LogP contribution is 2.57. The van der Waals surface area contributed by atoms with Crippen LogP contribution in [0.25, 0.3) is 0 Å². The SMILES string of the molecule is COc1ccccc1COP(=O)(O)OP(=O)(O)O. The Bertz CT molecular complexity index is 496. The van der Waals surface area contributed by atoms with Crippen LogP contribution in [-0.4, -0.2) is 21.8 Å². The van der Waals surface area contributed by atoms with Crippen molar-refractivity contribution >= 4 is 15.6 Å². The van der Waals surface area contributed by atoms with Crippen molar-refractivity contribution in [3.63, 3.8) is 0 Å². The molecule has 0 bridgehead atoms. The van der Waals surface area contributed by atoms with Gasteiger partial charge in [-0.05, 0) is 6.07 Å². The number of hydrogen-bond acceptors (Lipinski definition) is 5. The Balaban J connectivity index is 2.70. The summed E-state index contributed by atoms with van der Waals surface area (Å²) in [7, 11) is -8.52. The standard InChI is InChI=1S/C8H12O8P2/c1-14-8-5-3-2-4-7(8)6-15-18(12,13)16-17(9,10)11/h2-5H,6H2,1H3,(H,12,13)(H2,9,10,11). The van der Waals surface area contributed by atoms with Gasteiger partial charge >= 0.3 is 15.6 Å². The van der Waals surface area contributed by atoms with E-state index in [-0.39, 0.29) is 0 Å². The maximum Gasteiger partial charge on any atom is 0.481 e. The summed E-state index contributed by atoms with van der Waals surface area (Å²) in [6.07, 6.45) is 0. The Hall–Kier alpha value is -0.720. The molecule has 1 rings (SSSR count). The molecule has 1 aromatic rings. The second-order valence-corrected chi connectivity index (χ2v) is 5.96. The molecule has 0 aliphatic heterocycles. The number of phosphoric ester groups is 1. The topological polar surface area (TPSA) is 123 Å². The van der Waals surface area contributed by atoms with Crippen LogP contribution in [0.3, 0.4) is 0 Å². The quantitative estimate of drug-likeness (QED) is 0.674.